The molecular weight excluding hydrogens is 226 g/mol. The monoisotopic (exact) mass is 245 g/mol. The summed E-state index contributed by atoms with van der Waals surface area (Å²) < 4.78 is 0. The van der Waals surface area contributed by atoms with Crippen LogP contribution in [-0.2, 0) is 4.79 Å². The molecule has 0 radical (unpaired) electrons. The fraction of sp³-hybridized carbons (Fsp3) is 0.400. The molecule has 1 atom stereocenters. The molecule has 0 saturated carbocycles. The van der Waals surface area contributed by atoms with Crippen molar-refractivity contribution in [3.63, 3.8) is 0 Å². The SMILES string of the molecule is C#CCN(CC(C)C(=O)O)c1c(C)cccc1C. The highest BCUT2D eigenvalue weighted by atomic mass is 16.4. The molecule has 0 amide bonds. The van der Waals surface area contributed by atoms with E-state index in [1.165, 1.54) is 0 Å². The minimum Gasteiger partial charge on any atom is -0.481 e. The molecule has 0 aliphatic carbocycles. The first-order chi connectivity index (χ1) is 8.47. The molecule has 1 unspecified atom stereocenters. The van der Waals surface area contributed by atoms with Gasteiger partial charge in [-0.3, -0.25) is 4.79 Å². The fourth-order valence-corrected chi connectivity index (χ4v) is 2.06. The third-order valence-corrected chi connectivity index (χ3v) is 2.95. The largest absolute Gasteiger partial charge is 0.481 e. The maximum atomic E-state index is 11.0. The van der Waals surface area contributed by atoms with Gasteiger partial charge in [0, 0.05) is 12.2 Å². The number of benzene rings is 1. The summed E-state index contributed by atoms with van der Waals surface area (Å²) in [7, 11) is 0. The predicted octanol–water partition coefficient (Wildman–Crippen LogP) is 2.46. The van der Waals surface area contributed by atoms with E-state index >= 15 is 0 Å². The first-order valence-electron chi connectivity index (χ1n) is 5.94. The minimum atomic E-state index is -0.803. The first-order valence-corrected chi connectivity index (χ1v) is 5.94. The molecule has 0 heterocycles. The molecule has 0 saturated heterocycles. The molecule has 96 valence electrons. The molecule has 1 N–H and O–H groups in total. The van der Waals surface area contributed by atoms with Gasteiger partial charge in [0.1, 0.15) is 0 Å². The lowest BCUT2D eigenvalue weighted by Gasteiger charge is -2.27. The van der Waals surface area contributed by atoms with Crippen molar-refractivity contribution >= 4 is 11.7 Å². The Bertz CT molecular complexity index is 454. The van der Waals surface area contributed by atoms with Gasteiger partial charge in [0.2, 0.25) is 0 Å². The lowest BCUT2D eigenvalue weighted by Crippen LogP contribution is -2.33. The molecule has 0 bridgehead atoms. The van der Waals surface area contributed by atoms with Crippen LogP contribution in [0.25, 0.3) is 0 Å². The Morgan fingerprint density at radius 2 is 2.00 bits per heavy atom. The lowest BCUT2D eigenvalue weighted by atomic mass is 10.1. The van der Waals surface area contributed by atoms with Crippen molar-refractivity contribution in [1.29, 1.82) is 0 Å². The van der Waals surface area contributed by atoms with E-state index in [0.717, 1.165) is 16.8 Å². The van der Waals surface area contributed by atoms with Crippen LogP contribution in [0.3, 0.4) is 0 Å². The number of hydrogen-bond acceptors (Lipinski definition) is 2. The number of aryl methyl sites for hydroxylation is 2. The quantitative estimate of drug-likeness (QED) is 0.810. The number of carbonyl (C=O) groups is 1. The van der Waals surface area contributed by atoms with Crippen molar-refractivity contribution in [3.05, 3.63) is 29.3 Å². The predicted molar refractivity (Wildman–Crippen MR) is 73.8 cm³/mol. The van der Waals surface area contributed by atoms with Gasteiger partial charge < -0.3 is 10.0 Å². The molecule has 1 aromatic rings. The fourth-order valence-electron chi connectivity index (χ4n) is 2.06. The summed E-state index contributed by atoms with van der Waals surface area (Å²) >= 11 is 0. The molecule has 3 nitrogen and oxygen atoms in total. The highest BCUT2D eigenvalue weighted by Crippen LogP contribution is 2.25. The lowest BCUT2D eigenvalue weighted by molar-refractivity contribution is -0.140. The van der Waals surface area contributed by atoms with Gasteiger partial charge in [0.15, 0.2) is 0 Å². The average Bonchev–Trinajstić information content (AvgIpc) is 2.28. The summed E-state index contributed by atoms with van der Waals surface area (Å²) in [5.74, 6) is 1.35. The summed E-state index contributed by atoms with van der Waals surface area (Å²) in [6.45, 7) is 6.56. The zero-order valence-electron chi connectivity index (χ0n) is 11.1. The molecule has 0 aliphatic heterocycles. The van der Waals surface area contributed by atoms with Crippen molar-refractivity contribution in [2.75, 3.05) is 18.0 Å². The second-order valence-corrected chi connectivity index (χ2v) is 4.56. The summed E-state index contributed by atoms with van der Waals surface area (Å²) in [5, 5.41) is 9.01. The van der Waals surface area contributed by atoms with E-state index in [1.807, 2.05) is 36.9 Å². The Labute approximate surface area is 108 Å². The number of rotatable bonds is 5. The maximum absolute atomic E-state index is 11.0. The zero-order chi connectivity index (χ0) is 13.7. The standard InChI is InChI=1S/C15H19NO2/c1-5-9-16(10-13(4)15(17)18)14-11(2)7-6-8-12(14)3/h1,6-8,13H,9-10H2,2-4H3,(H,17,18). The summed E-state index contributed by atoms with van der Waals surface area (Å²) in [6.07, 6.45) is 5.38. The Morgan fingerprint density at radius 1 is 1.44 bits per heavy atom. The van der Waals surface area contributed by atoms with Crippen LogP contribution in [0, 0.1) is 32.1 Å². The molecule has 1 aromatic carbocycles. The number of aliphatic carboxylic acids is 1. The van der Waals surface area contributed by atoms with Crippen LogP contribution >= 0.6 is 0 Å². The van der Waals surface area contributed by atoms with Gasteiger partial charge in [-0.15, -0.1) is 6.42 Å². The number of anilines is 1. The van der Waals surface area contributed by atoms with Crippen LogP contribution in [0.15, 0.2) is 18.2 Å². The van der Waals surface area contributed by atoms with Crippen LogP contribution in [0.4, 0.5) is 5.69 Å². The highest BCUT2D eigenvalue weighted by Gasteiger charge is 2.18. The van der Waals surface area contributed by atoms with Crippen molar-refractivity contribution in [3.8, 4) is 12.3 Å². The van der Waals surface area contributed by atoms with Gasteiger partial charge in [-0.05, 0) is 25.0 Å². The van der Waals surface area contributed by atoms with Crippen molar-refractivity contribution in [2.45, 2.75) is 20.8 Å². The second kappa shape index (κ2) is 6.11. The van der Waals surface area contributed by atoms with E-state index in [4.69, 9.17) is 11.5 Å². The van der Waals surface area contributed by atoms with Gasteiger partial charge in [-0.2, -0.15) is 0 Å². The summed E-state index contributed by atoms with van der Waals surface area (Å²) in [4.78, 5) is 12.9. The highest BCUT2D eigenvalue weighted by molar-refractivity contribution is 5.71. The number of para-hydroxylation sites is 1. The minimum absolute atomic E-state index is 0.420. The normalized spacial score (nSPS) is 11.7. The molecule has 1 rings (SSSR count). The van der Waals surface area contributed by atoms with E-state index in [9.17, 15) is 4.79 Å². The molecule has 18 heavy (non-hydrogen) atoms. The van der Waals surface area contributed by atoms with Gasteiger partial charge in [-0.1, -0.05) is 31.0 Å². The maximum Gasteiger partial charge on any atom is 0.308 e. The number of nitrogens with zero attached hydrogens (tertiary/aromatic N) is 1. The van der Waals surface area contributed by atoms with Crippen molar-refractivity contribution in [2.24, 2.45) is 5.92 Å². The summed E-state index contributed by atoms with van der Waals surface area (Å²) in [6, 6.07) is 6.01. The third-order valence-electron chi connectivity index (χ3n) is 2.95. The smallest absolute Gasteiger partial charge is 0.308 e. The van der Waals surface area contributed by atoms with E-state index in [1.54, 1.807) is 6.92 Å². The Kier molecular flexibility index (Phi) is 4.79. The molecule has 0 fully saturated rings. The van der Waals surface area contributed by atoms with Crippen LogP contribution in [0.2, 0.25) is 0 Å². The van der Waals surface area contributed by atoms with Gasteiger partial charge in [0.25, 0.3) is 0 Å². The van der Waals surface area contributed by atoms with Crippen LogP contribution in [-0.4, -0.2) is 24.2 Å². The second-order valence-electron chi connectivity index (χ2n) is 4.56. The van der Waals surface area contributed by atoms with Crippen molar-refractivity contribution < 1.29 is 9.90 Å². The van der Waals surface area contributed by atoms with E-state index < -0.39 is 11.9 Å². The molecule has 0 aliphatic rings. The number of carboxylic acids is 1. The Morgan fingerprint density at radius 3 is 2.44 bits per heavy atom. The molecular formula is C15H19NO2. The molecule has 0 spiro atoms. The Hall–Kier alpha value is -1.95. The van der Waals surface area contributed by atoms with Gasteiger partial charge in [-0.25, -0.2) is 0 Å². The van der Waals surface area contributed by atoms with E-state index in [-0.39, 0.29) is 0 Å². The van der Waals surface area contributed by atoms with Crippen LogP contribution < -0.4 is 4.90 Å². The number of carboxylic acid groups (broad SMARTS) is 1. The zero-order valence-corrected chi connectivity index (χ0v) is 11.1. The van der Waals surface area contributed by atoms with Gasteiger partial charge >= 0.3 is 5.97 Å². The van der Waals surface area contributed by atoms with E-state index in [0.29, 0.717) is 13.1 Å². The molecule has 0 aromatic heterocycles. The average molecular weight is 245 g/mol. The Balaban J connectivity index is 3.05. The van der Waals surface area contributed by atoms with Gasteiger partial charge in [0.05, 0.1) is 12.5 Å². The van der Waals surface area contributed by atoms with Crippen LogP contribution in [0.1, 0.15) is 18.1 Å². The first kappa shape index (κ1) is 14.1. The molecule has 3 heteroatoms. The third kappa shape index (κ3) is 3.27. The van der Waals surface area contributed by atoms with E-state index in [2.05, 4.69) is 5.92 Å². The summed E-state index contributed by atoms with van der Waals surface area (Å²) in [5.41, 5.74) is 3.27. The number of terminal acetylenes is 1. The van der Waals surface area contributed by atoms with Crippen LogP contribution in [0.5, 0.6) is 0 Å². The van der Waals surface area contributed by atoms with Crippen molar-refractivity contribution in [1.82, 2.24) is 0 Å². The topological polar surface area (TPSA) is 40.5 Å². The number of hydrogen-bond donors (Lipinski definition) is 1.